The number of nitrogens with one attached hydrogen (secondary N) is 2. The van der Waals surface area contributed by atoms with Gasteiger partial charge in [-0.25, -0.2) is 9.97 Å². The molecule has 2 saturated heterocycles. The smallest absolute Gasteiger partial charge is 0.245 e. The van der Waals surface area contributed by atoms with Crippen LogP contribution in [0.4, 0.5) is 11.5 Å². The van der Waals surface area contributed by atoms with E-state index < -0.39 is 0 Å². The summed E-state index contributed by atoms with van der Waals surface area (Å²) >= 11 is 12.2. The lowest BCUT2D eigenvalue weighted by Gasteiger charge is -2.43. The largest absolute Gasteiger partial charge is 0.374 e. The van der Waals surface area contributed by atoms with Crippen LogP contribution in [0.5, 0.6) is 0 Å². The number of likely N-dealkylation sites (tertiary alicyclic amines) is 1. The lowest BCUT2D eigenvalue weighted by Crippen LogP contribution is -2.56. The van der Waals surface area contributed by atoms with Crippen LogP contribution in [0.2, 0.25) is 10.0 Å². The molecule has 2 N–H and O–H groups in total. The van der Waals surface area contributed by atoms with Crippen molar-refractivity contribution in [2.24, 2.45) is 0 Å². The van der Waals surface area contributed by atoms with E-state index >= 15 is 0 Å². The lowest BCUT2D eigenvalue weighted by atomic mass is 9.97. The minimum atomic E-state index is -0.279. The van der Waals surface area contributed by atoms with Gasteiger partial charge in [0.1, 0.15) is 18.2 Å². The van der Waals surface area contributed by atoms with Crippen LogP contribution in [0.1, 0.15) is 25.7 Å². The van der Waals surface area contributed by atoms with Crippen molar-refractivity contribution in [2.75, 3.05) is 29.9 Å². The van der Waals surface area contributed by atoms with Gasteiger partial charge in [-0.2, -0.15) is 5.10 Å². The number of anilines is 2. The maximum atomic E-state index is 13.4. The number of piperidine rings is 2. The number of amides is 1. The molecule has 8 nitrogen and oxygen atoms in total. The highest BCUT2D eigenvalue weighted by molar-refractivity contribution is 6.35. The number of benzene rings is 1. The maximum Gasteiger partial charge on any atom is 0.245 e. The maximum absolute atomic E-state index is 13.4. The van der Waals surface area contributed by atoms with Gasteiger partial charge in [-0.05, 0) is 43.9 Å². The first-order valence-corrected chi connectivity index (χ1v) is 11.3. The van der Waals surface area contributed by atoms with Crippen molar-refractivity contribution in [1.82, 2.24) is 25.1 Å². The van der Waals surface area contributed by atoms with E-state index in [1.807, 2.05) is 4.90 Å². The third-order valence-electron chi connectivity index (χ3n) is 6.04. The molecule has 0 bridgehead atoms. The monoisotopic (exact) mass is 459 g/mol. The summed E-state index contributed by atoms with van der Waals surface area (Å²) in [6.07, 6.45) is 7.04. The van der Waals surface area contributed by atoms with Crippen molar-refractivity contribution in [3.63, 3.8) is 0 Å². The molecule has 0 radical (unpaired) electrons. The summed E-state index contributed by atoms with van der Waals surface area (Å²) in [6.45, 7) is 2.42. The predicted molar refractivity (Wildman–Crippen MR) is 122 cm³/mol. The second-order valence-corrected chi connectivity index (χ2v) is 8.97. The van der Waals surface area contributed by atoms with Crippen molar-refractivity contribution in [2.45, 2.75) is 37.8 Å². The van der Waals surface area contributed by atoms with E-state index in [9.17, 15) is 4.79 Å². The number of rotatable bonds is 4. The predicted octanol–water partition coefficient (Wildman–Crippen LogP) is 3.73. The zero-order chi connectivity index (χ0) is 21.4. The first-order chi connectivity index (χ1) is 15.1. The Balaban J connectivity index is 1.32. The van der Waals surface area contributed by atoms with Gasteiger partial charge in [-0.3, -0.25) is 9.89 Å². The van der Waals surface area contributed by atoms with Crippen LogP contribution in [0.3, 0.4) is 0 Å². The van der Waals surface area contributed by atoms with Crippen LogP contribution in [0, 0.1) is 0 Å². The number of carbonyl (C=O) groups is 1. The highest BCUT2D eigenvalue weighted by atomic mass is 35.5. The minimum absolute atomic E-state index is 0.130. The Kier molecular flexibility index (Phi) is 5.58. The number of H-pyrrole nitrogens is 1. The zero-order valence-corrected chi connectivity index (χ0v) is 18.4. The molecule has 10 heteroatoms. The highest BCUT2D eigenvalue weighted by Gasteiger charge is 2.35. The first-order valence-electron chi connectivity index (χ1n) is 10.5. The normalized spacial score (nSPS) is 22.2. The van der Waals surface area contributed by atoms with Crippen LogP contribution < -0.4 is 10.2 Å². The quantitative estimate of drug-likeness (QED) is 0.617. The standard InChI is InChI=1S/C21H23Cl2N7O/c22-13-7-14(23)9-15(8-13)27-18-4-2-6-30(21(18)31)16-3-1-5-29(11-16)20-17-10-26-28-19(17)24-12-25-20/h7-10,12,16,18,27H,1-6,11H2,(H,24,25,26,28)/t16-,18-/m1/s1. The molecule has 0 unspecified atom stereocenters. The Morgan fingerprint density at radius 3 is 2.71 bits per heavy atom. The van der Waals surface area contributed by atoms with Crippen LogP contribution in [-0.2, 0) is 4.79 Å². The molecule has 2 atom stereocenters. The number of fused-ring (bicyclic) bond motifs is 1. The summed E-state index contributed by atoms with van der Waals surface area (Å²) in [6, 6.07) is 5.15. The van der Waals surface area contributed by atoms with Crippen LogP contribution in [0.25, 0.3) is 11.0 Å². The van der Waals surface area contributed by atoms with Gasteiger partial charge < -0.3 is 15.1 Å². The molecule has 2 fully saturated rings. The van der Waals surface area contributed by atoms with Crippen molar-refractivity contribution < 1.29 is 4.79 Å². The second-order valence-electron chi connectivity index (χ2n) is 8.10. The molecule has 1 amide bonds. The molecule has 162 valence electrons. The Hall–Kier alpha value is -2.58. The van der Waals surface area contributed by atoms with E-state index in [0.717, 1.165) is 67.9 Å². The van der Waals surface area contributed by atoms with Gasteiger partial charge in [-0.15, -0.1) is 0 Å². The molecule has 4 heterocycles. The Morgan fingerprint density at radius 2 is 1.87 bits per heavy atom. The topological polar surface area (TPSA) is 90.0 Å². The Bertz CT molecular complexity index is 1080. The highest BCUT2D eigenvalue weighted by Crippen LogP contribution is 2.29. The number of hydrogen-bond acceptors (Lipinski definition) is 6. The molecular weight excluding hydrogens is 437 g/mol. The van der Waals surface area contributed by atoms with Gasteiger partial charge >= 0.3 is 0 Å². The van der Waals surface area contributed by atoms with Gasteiger partial charge in [-0.1, -0.05) is 23.2 Å². The van der Waals surface area contributed by atoms with Gasteiger partial charge in [0.05, 0.1) is 11.6 Å². The molecule has 1 aromatic carbocycles. The van der Waals surface area contributed by atoms with Crippen molar-refractivity contribution >= 4 is 51.6 Å². The van der Waals surface area contributed by atoms with E-state index in [2.05, 4.69) is 30.4 Å². The number of nitrogens with zero attached hydrogens (tertiary/aromatic N) is 5. The molecule has 0 saturated carbocycles. The van der Waals surface area contributed by atoms with E-state index in [0.29, 0.717) is 10.0 Å². The molecule has 3 aromatic rings. The number of halogens is 2. The van der Waals surface area contributed by atoms with Crippen LogP contribution >= 0.6 is 23.2 Å². The van der Waals surface area contributed by atoms with Crippen LogP contribution in [-0.4, -0.2) is 62.7 Å². The molecule has 2 aromatic heterocycles. The molecule has 5 rings (SSSR count). The van der Waals surface area contributed by atoms with E-state index in [1.54, 1.807) is 30.7 Å². The van der Waals surface area contributed by atoms with Crippen molar-refractivity contribution in [3.8, 4) is 0 Å². The lowest BCUT2D eigenvalue weighted by molar-refractivity contribution is -0.137. The van der Waals surface area contributed by atoms with Gasteiger partial charge in [0, 0.05) is 41.4 Å². The second kappa shape index (κ2) is 8.51. The molecular formula is C21H23Cl2N7O. The third-order valence-corrected chi connectivity index (χ3v) is 6.48. The third kappa shape index (κ3) is 4.14. The summed E-state index contributed by atoms with van der Waals surface area (Å²) in [7, 11) is 0. The molecule has 2 aliphatic rings. The molecule has 0 spiro atoms. The Morgan fingerprint density at radius 1 is 1.06 bits per heavy atom. The fourth-order valence-electron chi connectivity index (χ4n) is 4.64. The number of aromatic nitrogens is 4. The minimum Gasteiger partial charge on any atom is -0.374 e. The fourth-order valence-corrected chi connectivity index (χ4v) is 5.17. The summed E-state index contributed by atoms with van der Waals surface area (Å²) in [5, 5.41) is 12.3. The van der Waals surface area contributed by atoms with Gasteiger partial charge in [0.25, 0.3) is 0 Å². The van der Waals surface area contributed by atoms with Crippen molar-refractivity contribution in [3.05, 3.63) is 40.8 Å². The molecule has 0 aliphatic carbocycles. The summed E-state index contributed by atoms with van der Waals surface area (Å²) in [5.41, 5.74) is 1.50. The fraction of sp³-hybridized carbons (Fsp3) is 0.429. The molecule has 2 aliphatic heterocycles. The first kappa shape index (κ1) is 20.3. The summed E-state index contributed by atoms with van der Waals surface area (Å²) < 4.78 is 0. The van der Waals surface area contributed by atoms with Gasteiger partial charge in [0.15, 0.2) is 5.65 Å². The van der Waals surface area contributed by atoms with E-state index in [1.165, 1.54) is 0 Å². The number of carbonyl (C=O) groups excluding carboxylic acids is 1. The SMILES string of the molecule is O=C1[C@H](Nc2cc(Cl)cc(Cl)c2)CCCN1[C@@H]1CCCN(c2ncnc3[nH]ncc23)C1. The van der Waals surface area contributed by atoms with E-state index in [-0.39, 0.29) is 18.0 Å². The van der Waals surface area contributed by atoms with Crippen molar-refractivity contribution in [1.29, 1.82) is 0 Å². The number of aromatic amines is 1. The molecule has 31 heavy (non-hydrogen) atoms. The average Bonchev–Trinajstić information content (AvgIpc) is 3.24. The Labute approximate surface area is 189 Å². The number of hydrogen-bond donors (Lipinski definition) is 2. The van der Waals surface area contributed by atoms with Crippen LogP contribution in [0.15, 0.2) is 30.7 Å². The van der Waals surface area contributed by atoms with Gasteiger partial charge in [0.2, 0.25) is 5.91 Å². The summed E-state index contributed by atoms with van der Waals surface area (Å²) in [5.74, 6) is 1.00. The summed E-state index contributed by atoms with van der Waals surface area (Å²) in [4.78, 5) is 26.4. The average molecular weight is 460 g/mol. The zero-order valence-electron chi connectivity index (χ0n) is 16.9. The van der Waals surface area contributed by atoms with E-state index in [4.69, 9.17) is 23.2 Å².